The zero-order chi connectivity index (χ0) is 22.1. The monoisotopic (exact) mass is 478 g/mol. The zero-order valence-electron chi connectivity index (χ0n) is 17.9. The molecule has 0 fully saturated rings. The number of hydrogen-bond acceptors (Lipinski definition) is 6. The fourth-order valence-corrected chi connectivity index (χ4v) is 8.55. The Balaban J connectivity index is 1.95. The van der Waals surface area contributed by atoms with E-state index in [0.717, 1.165) is 19.6 Å². The van der Waals surface area contributed by atoms with Gasteiger partial charge < -0.3 is 10.6 Å². The molecule has 2 N–H and O–H groups in total. The van der Waals surface area contributed by atoms with Gasteiger partial charge in [0, 0.05) is 30.7 Å². The molecule has 0 atom stereocenters. The first-order valence-corrected chi connectivity index (χ1v) is 13.8. The minimum atomic E-state index is -0.314. The number of amides is 2. The van der Waals surface area contributed by atoms with Crippen LogP contribution in [0.3, 0.4) is 0 Å². The third kappa shape index (κ3) is 5.93. The van der Waals surface area contributed by atoms with Crippen LogP contribution in [0.1, 0.15) is 62.3 Å². The highest BCUT2D eigenvalue weighted by Gasteiger charge is 2.26. The van der Waals surface area contributed by atoms with Crippen molar-refractivity contribution < 1.29 is 9.59 Å². The molecule has 0 aliphatic carbocycles. The van der Waals surface area contributed by atoms with Crippen molar-refractivity contribution in [3.8, 4) is 0 Å². The van der Waals surface area contributed by atoms with E-state index in [9.17, 15) is 9.59 Å². The highest BCUT2D eigenvalue weighted by Crippen LogP contribution is 2.54. The number of nitrogens with one attached hydrogen (secondary N) is 2. The number of carbonyl (C=O) groups excluding carboxylic acids is 2. The van der Waals surface area contributed by atoms with E-state index in [1.807, 2.05) is 77.9 Å². The number of benzene rings is 2. The summed E-state index contributed by atoms with van der Waals surface area (Å²) in [6, 6.07) is 11.6. The Morgan fingerprint density at radius 2 is 1.00 bits per heavy atom. The van der Waals surface area contributed by atoms with Gasteiger partial charge in [0.25, 0.3) is 11.8 Å². The molecule has 1 aliphatic rings. The fraction of sp³-hybridized carbons (Fsp3) is 0.364. The topological polar surface area (TPSA) is 58.2 Å². The molecule has 0 bridgehead atoms. The highest BCUT2D eigenvalue weighted by atomic mass is 33.1. The molecule has 0 radical (unpaired) electrons. The van der Waals surface area contributed by atoms with Gasteiger partial charge in [-0.25, -0.2) is 0 Å². The molecule has 0 unspecified atom stereocenters. The molecule has 0 spiro atoms. The van der Waals surface area contributed by atoms with Crippen molar-refractivity contribution in [2.24, 2.45) is 0 Å². The van der Waals surface area contributed by atoms with Crippen LogP contribution >= 0.6 is 43.2 Å². The number of rotatable bonds is 2. The summed E-state index contributed by atoms with van der Waals surface area (Å²) in [5.41, 5.74) is 0.693. The van der Waals surface area contributed by atoms with Crippen LogP contribution in [0.5, 0.6) is 0 Å². The Morgan fingerprint density at radius 1 is 0.633 bits per heavy atom. The molecule has 1 heterocycles. The quantitative estimate of drug-likeness (QED) is 0.471. The standard InChI is InChI=1S/C22H26N2O2S4/c1-21(2,3)23-19(25)13-9-7-11-15-17(13)29-30-18-14(20(26)24-22(4,5)6)10-8-12-16(18)28-27-15/h7-12H,1-6H3,(H,23,25)(H,24,26). The molecule has 2 aromatic rings. The SMILES string of the molecule is CC(C)(C)NC(=O)c1cccc2c1SSc1c(cccc1C(=O)NC(C)(C)C)SS2. The van der Waals surface area contributed by atoms with Crippen molar-refractivity contribution in [2.45, 2.75) is 72.2 Å². The summed E-state index contributed by atoms with van der Waals surface area (Å²) in [6.07, 6.45) is 0. The van der Waals surface area contributed by atoms with Gasteiger partial charge in [-0.3, -0.25) is 9.59 Å². The van der Waals surface area contributed by atoms with E-state index in [-0.39, 0.29) is 22.9 Å². The second kappa shape index (κ2) is 9.10. The molecule has 0 aromatic heterocycles. The molecule has 4 nitrogen and oxygen atoms in total. The lowest BCUT2D eigenvalue weighted by molar-refractivity contribution is 0.0906. The Hall–Kier alpha value is -1.22. The maximum absolute atomic E-state index is 12.9. The Kier molecular flexibility index (Phi) is 7.11. The second-order valence-corrected chi connectivity index (χ2v) is 13.4. The lowest BCUT2D eigenvalue weighted by Crippen LogP contribution is -2.40. The molecule has 8 heteroatoms. The van der Waals surface area contributed by atoms with Gasteiger partial charge in [-0.1, -0.05) is 55.3 Å². The predicted molar refractivity (Wildman–Crippen MR) is 131 cm³/mol. The first-order chi connectivity index (χ1) is 13.9. The zero-order valence-corrected chi connectivity index (χ0v) is 21.2. The Labute approximate surface area is 194 Å². The summed E-state index contributed by atoms with van der Waals surface area (Å²) in [4.78, 5) is 29.7. The third-order valence-electron chi connectivity index (χ3n) is 3.85. The van der Waals surface area contributed by atoms with Crippen LogP contribution < -0.4 is 10.6 Å². The largest absolute Gasteiger partial charge is 0.347 e. The summed E-state index contributed by atoms with van der Waals surface area (Å²) < 4.78 is 0. The molecule has 0 saturated heterocycles. The van der Waals surface area contributed by atoms with Crippen molar-refractivity contribution in [1.82, 2.24) is 10.6 Å². The van der Waals surface area contributed by atoms with Crippen LogP contribution in [0.25, 0.3) is 0 Å². The van der Waals surface area contributed by atoms with Crippen LogP contribution in [-0.2, 0) is 0 Å². The summed E-state index contributed by atoms with van der Waals surface area (Å²) in [7, 11) is 6.31. The van der Waals surface area contributed by atoms with Crippen molar-refractivity contribution in [3.63, 3.8) is 0 Å². The average molecular weight is 479 g/mol. The lowest BCUT2D eigenvalue weighted by Gasteiger charge is -2.24. The summed E-state index contributed by atoms with van der Waals surface area (Å²) in [6.45, 7) is 11.8. The highest BCUT2D eigenvalue weighted by molar-refractivity contribution is 8.79. The van der Waals surface area contributed by atoms with Crippen LogP contribution in [0.15, 0.2) is 56.0 Å². The normalized spacial score (nSPS) is 14.1. The number of hydrogen-bond donors (Lipinski definition) is 2. The average Bonchev–Trinajstić information content (AvgIpc) is 2.59. The maximum Gasteiger partial charge on any atom is 0.252 e. The number of fused-ring (bicyclic) bond motifs is 2. The predicted octanol–water partition coefficient (Wildman–Crippen LogP) is 6.66. The smallest absolute Gasteiger partial charge is 0.252 e. The lowest BCUT2D eigenvalue weighted by atomic mass is 10.1. The van der Waals surface area contributed by atoms with Gasteiger partial charge in [0.2, 0.25) is 0 Å². The molecule has 1 aliphatic heterocycles. The summed E-state index contributed by atoms with van der Waals surface area (Å²) in [5.74, 6) is -0.171. The maximum atomic E-state index is 12.9. The van der Waals surface area contributed by atoms with Gasteiger partial charge in [0.05, 0.1) is 11.1 Å². The van der Waals surface area contributed by atoms with Gasteiger partial charge in [0.15, 0.2) is 0 Å². The molecule has 160 valence electrons. The minimum absolute atomic E-state index is 0.0855. The van der Waals surface area contributed by atoms with E-state index >= 15 is 0 Å². The Morgan fingerprint density at radius 3 is 1.33 bits per heavy atom. The van der Waals surface area contributed by atoms with Crippen molar-refractivity contribution in [3.05, 3.63) is 47.5 Å². The molecule has 2 aromatic carbocycles. The van der Waals surface area contributed by atoms with Crippen molar-refractivity contribution >= 4 is 55.0 Å². The summed E-state index contributed by atoms with van der Waals surface area (Å²) >= 11 is 0. The first-order valence-electron chi connectivity index (χ1n) is 9.55. The molecule has 30 heavy (non-hydrogen) atoms. The fourth-order valence-electron chi connectivity index (χ4n) is 2.68. The van der Waals surface area contributed by atoms with Gasteiger partial charge in [-0.15, -0.1) is 0 Å². The van der Waals surface area contributed by atoms with Crippen molar-refractivity contribution in [1.29, 1.82) is 0 Å². The molecule has 0 saturated carbocycles. The van der Waals surface area contributed by atoms with Crippen LogP contribution in [0, 0.1) is 0 Å². The van der Waals surface area contributed by atoms with Crippen LogP contribution in [0.2, 0.25) is 0 Å². The van der Waals surface area contributed by atoms with E-state index in [1.165, 1.54) is 21.6 Å². The van der Waals surface area contributed by atoms with E-state index < -0.39 is 0 Å². The summed E-state index contributed by atoms with van der Waals surface area (Å²) in [5, 5.41) is 6.11. The third-order valence-corrected chi connectivity index (χ3v) is 9.11. The molecular formula is C22H26N2O2S4. The van der Waals surface area contributed by atoms with Gasteiger partial charge in [0.1, 0.15) is 0 Å². The van der Waals surface area contributed by atoms with E-state index in [4.69, 9.17) is 0 Å². The molecule has 3 rings (SSSR count). The molecular weight excluding hydrogens is 453 g/mol. The van der Waals surface area contributed by atoms with Gasteiger partial charge in [-0.05, 0) is 65.8 Å². The van der Waals surface area contributed by atoms with Crippen LogP contribution in [-0.4, -0.2) is 22.9 Å². The van der Waals surface area contributed by atoms with Crippen LogP contribution in [0.4, 0.5) is 0 Å². The van der Waals surface area contributed by atoms with Gasteiger partial charge in [-0.2, -0.15) is 0 Å². The Bertz CT molecular complexity index is 899. The molecule has 2 amide bonds. The number of carbonyl (C=O) groups is 2. The van der Waals surface area contributed by atoms with E-state index in [1.54, 1.807) is 21.6 Å². The minimum Gasteiger partial charge on any atom is -0.347 e. The van der Waals surface area contributed by atoms with E-state index in [2.05, 4.69) is 10.6 Å². The first kappa shape index (κ1) is 23.4. The van der Waals surface area contributed by atoms with E-state index in [0.29, 0.717) is 11.1 Å². The second-order valence-electron chi connectivity index (χ2n) is 9.01. The van der Waals surface area contributed by atoms with Crippen molar-refractivity contribution in [2.75, 3.05) is 0 Å². The van der Waals surface area contributed by atoms with Gasteiger partial charge >= 0.3 is 0 Å².